The van der Waals surface area contributed by atoms with Crippen LogP contribution in [0.4, 0.5) is 69.8 Å². The summed E-state index contributed by atoms with van der Waals surface area (Å²) in [5.41, 5.74) is 16.2. The van der Waals surface area contributed by atoms with Gasteiger partial charge in [-0.15, -0.1) is 13.2 Å². The monoisotopic (exact) mass is 1160 g/mol. The highest BCUT2D eigenvalue weighted by Gasteiger charge is 2.46. The Morgan fingerprint density at radius 2 is 1.13 bits per heavy atom. The van der Waals surface area contributed by atoms with Crippen molar-refractivity contribution in [2.24, 2.45) is 17.6 Å². The minimum absolute atomic E-state index is 0.00395. The number of hydrogen-bond acceptors (Lipinski definition) is 16. The molecule has 30 heteroatoms. The van der Waals surface area contributed by atoms with Crippen LogP contribution in [0.3, 0.4) is 0 Å². The van der Waals surface area contributed by atoms with Crippen LogP contribution in [-0.2, 0) is 25.4 Å². The van der Waals surface area contributed by atoms with Crippen molar-refractivity contribution in [3.8, 4) is 5.75 Å². The molecule has 8 N–H and O–H groups in total. The van der Waals surface area contributed by atoms with Crippen LogP contribution in [0, 0.1) is 23.5 Å². The van der Waals surface area contributed by atoms with Crippen LogP contribution in [0.1, 0.15) is 44.1 Å². The number of nitrogens with one attached hydrogen (secondary N) is 2. The third-order valence-electron chi connectivity index (χ3n) is 14.6. The van der Waals surface area contributed by atoms with Crippen molar-refractivity contribution < 1.29 is 59.0 Å². The van der Waals surface area contributed by atoms with Gasteiger partial charge in [-0.3, -0.25) is 19.2 Å². The summed E-state index contributed by atoms with van der Waals surface area (Å²) in [6.07, 6.45) is -4.78. The third kappa shape index (κ3) is 13.9. The first-order chi connectivity index (χ1) is 37.3. The van der Waals surface area contributed by atoms with Crippen molar-refractivity contribution >= 4 is 81.5 Å². The topological polar surface area (TPSA) is 251 Å². The van der Waals surface area contributed by atoms with Gasteiger partial charge in [-0.25, -0.2) is 19.9 Å². The van der Waals surface area contributed by atoms with Gasteiger partial charge in [0.2, 0.25) is 35.3 Å². The smallest absolute Gasteiger partial charge is 0.406 e. The number of alkyl halides is 6. The van der Waals surface area contributed by atoms with Gasteiger partial charge in [-0.2, -0.15) is 22.0 Å². The van der Waals surface area contributed by atoms with Gasteiger partial charge in [0.1, 0.15) is 30.5 Å². The molecule has 9 rings (SSSR count). The maximum absolute atomic E-state index is 14.9. The summed E-state index contributed by atoms with van der Waals surface area (Å²) in [5, 5.41) is 5.73. The summed E-state index contributed by atoms with van der Waals surface area (Å²) in [6, 6.07) is 3.58. The largest absolute Gasteiger partial charge is 0.573 e. The summed E-state index contributed by atoms with van der Waals surface area (Å²) < 4.78 is 112. The first kappa shape index (κ1) is 58.2. The van der Waals surface area contributed by atoms with Gasteiger partial charge in [-0.05, 0) is 75.9 Å². The number of amides is 4. The van der Waals surface area contributed by atoms with Gasteiger partial charge in [0, 0.05) is 92.9 Å². The van der Waals surface area contributed by atoms with Gasteiger partial charge in [-0.1, -0.05) is 23.2 Å². The Bertz CT molecular complexity index is 2890. The van der Waals surface area contributed by atoms with E-state index >= 15 is 0 Å². The van der Waals surface area contributed by atoms with Crippen LogP contribution in [0.5, 0.6) is 5.75 Å². The zero-order valence-electron chi connectivity index (χ0n) is 42.4. The minimum Gasteiger partial charge on any atom is -0.406 e. The van der Waals surface area contributed by atoms with Crippen LogP contribution in [0.2, 0.25) is 10.0 Å². The van der Waals surface area contributed by atoms with Crippen molar-refractivity contribution in [2.75, 3.05) is 104 Å². The number of carbonyl (C=O) groups excluding carboxylic acids is 4. The number of piperidine rings is 4. The van der Waals surface area contributed by atoms with E-state index in [1.165, 1.54) is 17.0 Å². The molecule has 4 amide bonds. The molecule has 2 aromatic heterocycles. The van der Waals surface area contributed by atoms with E-state index in [2.05, 4.69) is 40.2 Å². The lowest BCUT2D eigenvalue weighted by molar-refractivity contribution is -0.274. The molecule has 0 saturated carbocycles. The van der Waals surface area contributed by atoms with E-state index in [9.17, 15) is 54.3 Å². The highest BCUT2D eigenvalue weighted by Crippen LogP contribution is 2.37. The molecular weight excluding hydrogens is 1100 g/mol. The fraction of sp³-hybridized carbons (Fsp3) is 0.510. The molecule has 5 saturated heterocycles. The Morgan fingerprint density at radius 1 is 0.646 bits per heavy atom. The number of likely N-dealkylation sites (tertiary alicyclic amines) is 2. The Kier molecular flexibility index (Phi) is 17.8. The quantitative estimate of drug-likeness (QED) is 0.117. The molecule has 5 aliphatic heterocycles. The number of carbonyl (C=O) groups is 4. The van der Waals surface area contributed by atoms with Crippen molar-refractivity contribution in [1.29, 1.82) is 0 Å². The van der Waals surface area contributed by atoms with Gasteiger partial charge in [0.25, 0.3) is 0 Å². The summed E-state index contributed by atoms with van der Waals surface area (Å²) in [4.78, 5) is 79.1. The summed E-state index contributed by atoms with van der Waals surface area (Å²) in [6.45, 7) is 4.02. The molecular formula is C49H57Cl2F8N15O5. The van der Waals surface area contributed by atoms with E-state index < -0.39 is 77.4 Å². The number of piperazine rings is 1. The Labute approximate surface area is 457 Å². The van der Waals surface area contributed by atoms with Crippen LogP contribution in [0.25, 0.3) is 0 Å². The zero-order valence-corrected chi connectivity index (χ0v) is 43.9. The summed E-state index contributed by atoms with van der Waals surface area (Å²) in [7, 11) is 1.99. The van der Waals surface area contributed by atoms with E-state index in [1.807, 2.05) is 11.9 Å². The number of rotatable bonds is 11. The number of nitrogen functional groups attached to an aromatic ring is 2. The van der Waals surface area contributed by atoms with E-state index in [0.29, 0.717) is 64.8 Å². The number of ether oxygens (including phenoxy) is 1. The molecule has 20 nitrogen and oxygen atoms in total. The molecule has 0 aliphatic carbocycles. The number of halogens is 10. The summed E-state index contributed by atoms with van der Waals surface area (Å²) in [5.74, 6) is -5.42. The Hall–Kier alpha value is -6.94. The number of aromatic nitrogens is 4. The first-order valence-electron chi connectivity index (χ1n) is 25.2. The number of anilines is 6. The molecule has 7 heterocycles. The lowest BCUT2D eigenvalue weighted by Crippen LogP contribution is -2.63. The zero-order chi connectivity index (χ0) is 57.1. The average molecular weight is 1160 g/mol. The van der Waals surface area contributed by atoms with E-state index in [1.54, 1.807) is 14.7 Å². The van der Waals surface area contributed by atoms with E-state index in [0.717, 1.165) is 50.0 Å². The number of primary amides is 1. The molecule has 428 valence electrons. The molecule has 5 fully saturated rings. The fourth-order valence-electron chi connectivity index (χ4n) is 10.8. The lowest BCUT2D eigenvalue weighted by Gasteiger charge is -2.47. The summed E-state index contributed by atoms with van der Waals surface area (Å²) >= 11 is 11.9. The molecule has 6 atom stereocenters. The number of benzene rings is 2. The second kappa shape index (κ2) is 24.2. The maximum Gasteiger partial charge on any atom is 0.573 e. The molecule has 0 bridgehead atoms. The number of likely N-dealkylation sites (N-methyl/N-ethyl adjacent to an activating group) is 1. The van der Waals surface area contributed by atoms with Gasteiger partial charge in [0.15, 0.2) is 23.3 Å². The molecule has 79 heavy (non-hydrogen) atoms. The molecule has 0 spiro atoms. The second-order valence-corrected chi connectivity index (χ2v) is 20.7. The molecule has 4 aromatic rings. The predicted molar refractivity (Wildman–Crippen MR) is 276 cm³/mol. The standard InChI is InChI=1S/C27H33ClF4N8O2.C22H24ClF4N7O3/c1-37-7-9-38(10-8-37)25(41)19-4-6-39(24-22(29)23(33)34-15-35-24)14-21(19)40-5-2-3-20(26(40)42)36-18-12-16(27(30,31)32)11-17(28)13-18;23-11-6-12(8-13(7-11)37-22(25,26)27)32-15-2-1-4-34(21(15)36)16-9-33(5-3-14(16)19(29)35)20-17(24)18(28)30-10-31-20/h11-13,15,19-21,36H,2-10,14H2,1H3,(H2,33,34,35);6-8,10,14-16,32H,1-5,9H2,(H2,29,35)(H2,28,30,31)/t19-,20+,21-;14-,15+,16-/m00/s1. The number of nitrogens with two attached hydrogens (primary N) is 3. The van der Waals surface area contributed by atoms with E-state index in [4.69, 9.17) is 40.4 Å². The van der Waals surface area contributed by atoms with Crippen LogP contribution in [-0.4, -0.2) is 166 Å². The highest BCUT2D eigenvalue weighted by atomic mass is 35.5. The normalized spacial score (nSPS) is 23.5. The van der Waals surface area contributed by atoms with Gasteiger partial charge >= 0.3 is 12.5 Å². The fourth-order valence-corrected chi connectivity index (χ4v) is 11.2. The van der Waals surface area contributed by atoms with Crippen molar-refractivity contribution in [2.45, 2.75) is 75.2 Å². The number of nitrogens with zero attached hydrogens (tertiary/aromatic N) is 10. The van der Waals surface area contributed by atoms with E-state index in [-0.39, 0.29) is 88.5 Å². The van der Waals surface area contributed by atoms with Crippen LogP contribution in [0.15, 0.2) is 49.1 Å². The Balaban J connectivity index is 0.000000210. The van der Waals surface area contributed by atoms with Crippen molar-refractivity contribution in [3.63, 3.8) is 0 Å². The molecule has 0 unspecified atom stereocenters. The minimum atomic E-state index is -4.91. The van der Waals surface area contributed by atoms with Crippen molar-refractivity contribution in [3.05, 3.63) is 76.3 Å². The first-order valence-corrected chi connectivity index (χ1v) is 26.0. The highest BCUT2D eigenvalue weighted by molar-refractivity contribution is 6.31. The molecule has 0 radical (unpaired) electrons. The maximum atomic E-state index is 14.9. The predicted octanol–water partition coefficient (Wildman–Crippen LogP) is 5.48. The lowest BCUT2D eigenvalue weighted by atomic mass is 9.86. The van der Waals surface area contributed by atoms with Gasteiger partial charge in [0.05, 0.1) is 29.5 Å². The Morgan fingerprint density at radius 3 is 1.62 bits per heavy atom. The van der Waals surface area contributed by atoms with Crippen LogP contribution >= 0.6 is 23.2 Å². The molecule has 5 aliphatic rings. The second-order valence-electron chi connectivity index (χ2n) is 19.8. The molecule has 2 aromatic carbocycles. The van der Waals surface area contributed by atoms with Crippen LogP contribution < -0.4 is 42.4 Å². The van der Waals surface area contributed by atoms with Gasteiger partial charge < -0.3 is 62.0 Å². The average Bonchev–Trinajstić information content (AvgIpc) is 3.49. The van der Waals surface area contributed by atoms with Crippen molar-refractivity contribution in [1.82, 2.24) is 39.5 Å². The third-order valence-corrected chi connectivity index (χ3v) is 15.1. The SMILES string of the molecule is CN1CCN(C(=O)[C@H]2CCN(c3ncnc(N)c3F)C[C@@H]2N2CCC[C@@H](Nc3cc(Cl)cc(C(F)(F)F)c3)C2=O)CC1.NC(=O)[C@H]1CCN(c2ncnc(N)c2F)C[C@@H]1N1CCC[C@@H](Nc2cc(Cl)cc(OC(F)(F)F)c2)C1=O. The number of hydrogen-bond donors (Lipinski definition) is 5.